The van der Waals surface area contributed by atoms with Gasteiger partial charge in [0.05, 0.1) is 6.17 Å². The molecule has 1 unspecified atom stereocenters. The molecule has 8 N–H and O–H groups in total. The molecule has 0 radical (unpaired) electrons. The number of guanidine groups is 1. The van der Waals surface area contributed by atoms with Crippen molar-refractivity contribution in [3.8, 4) is 0 Å². The van der Waals surface area contributed by atoms with E-state index in [0.717, 1.165) is 12.8 Å². The second-order valence-electron chi connectivity index (χ2n) is 3.11. The second kappa shape index (κ2) is 9.33. The van der Waals surface area contributed by atoms with Gasteiger partial charge in [0.15, 0.2) is 5.96 Å². The Balaban J connectivity index is 0. The van der Waals surface area contributed by atoms with Crippen molar-refractivity contribution in [1.82, 2.24) is 5.32 Å². The van der Waals surface area contributed by atoms with Crippen molar-refractivity contribution in [3.05, 3.63) is 0 Å². The fourth-order valence-corrected chi connectivity index (χ4v) is 0.886. The van der Waals surface area contributed by atoms with Crippen LogP contribution < -0.4 is 16.8 Å². The lowest BCUT2D eigenvalue weighted by Gasteiger charge is -2.12. The molecule has 8 nitrogen and oxygen atoms in total. The van der Waals surface area contributed by atoms with Crippen LogP contribution in [0.5, 0.6) is 0 Å². The number of hydrogen-bond donors (Lipinski definition) is 6. The first-order valence-corrected chi connectivity index (χ1v) is 6.12. The Morgan fingerprint density at radius 2 is 1.88 bits per heavy atom. The van der Waals surface area contributed by atoms with Crippen LogP contribution in [0.25, 0.3) is 0 Å². The zero-order valence-corrected chi connectivity index (χ0v) is 10.00. The van der Waals surface area contributed by atoms with Gasteiger partial charge in [-0.25, -0.2) is 0 Å². The summed E-state index contributed by atoms with van der Waals surface area (Å²) in [7, 11) is -4.67. The van der Waals surface area contributed by atoms with Crippen molar-refractivity contribution in [2.24, 2.45) is 11.5 Å². The quantitative estimate of drug-likeness (QED) is 0.129. The minimum absolute atomic E-state index is 0.0472. The Morgan fingerprint density at radius 3 is 2.19 bits per heavy atom. The topological polar surface area (TPSA) is 163 Å². The highest BCUT2D eigenvalue weighted by Gasteiger charge is 2.00. The van der Waals surface area contributed by atoms with Crippen LogP contribution in [0, 0.1) is 5.41 Å². The van der Waals surface area contributed by atoms with E-state index in [1.54, 1.807) is 0 Å². The molecule has 1 atom stereocenters. The van der Waals surface area contributed by atoms with E-state index in [-0.39, 0.29) is 12.1 Å². The van der Waals surface area contributed by atoms with E-state index in [0.29, 0.717) is 0 Å². The predicted octanol–water partition coefficient (Wildman–Crippen LogP) is -0.318. The van der Waals surface area contributed by atoms with Crippen LogP contribution in [0.15, 0.2) is 0 Å². The van der Waals surface area contributed by atoms with E-state index in [2.05, 4.69) is 12.2 Å². The number of nitrogens with two attached hydrogens (primary N) is 2. The standard InChI is InChI=1S/C7H18N4.H2O4S/c1-2-3-4-5-6(8)11-7(9)10;1-5(2,3)4/h6H,2-5,8H2,1H3,(H4,9,10,11);(H2,1,2,3,4). The summed E-state index contributed by atoms with van der Waals surface area (Å²) in [5.74, 6) is -0.0472. The van der Waals surface area contributed by atoms with Crippen molar-refractivity contribution < 1.29 is 17.5 Å². The van der Waals surface area contributed by atoms with Gasteiger partial charge in [0.1, 0.15) is 0 Å². The summed E-state index contributed by atoms with van der Waals surface area (Å²) in [5, 5.41) is 9.53. The number of rotatable bonds is 5. The molecule has 16 heavy (non-hydrogen) atoms. The van der Waals surface area contributed by atoms with E-state index in [4.69, 9.17) is 34.4 Å². The highest BCUT2D eigenvalue weighted by atomic mass is 32.3. The van der Waals surface area contributed by atoms with Gasteiger partial charge >= 0.3 is 10.4 Å². The number of nitrogens with one attached hydrogen (secondary N) is 2. The Morgan fingerprint density at radius 1 is 1.44 bits per heavy atom. The van der Waals surface area contributed by atoms with Crippen LogP contribution in [0.3, 0.4) is 0 Å². The first-order valence-electron chi connectivity index (χ1n) is 4.72. The van der Waals surface area contributed by atoms with Crippen molar-refractivity contribution >= 4 is 16.4 Å². The van der Waals surface area contributed by atoms with Gasteiger partial charge in [0.2, 0.25) is 0 Å². The molecule has 98 valence electrons. The lowest BCUT2D eigenvalue weighted by Crippen LogP contribution is -2.44. The predicted molar refractivity (Wildman–Crippen MR) is 61.3 cm³/mol. The van der Waals surface area contributed by atoms with Crippen molar-refractivity contribution in [2.45, 2.75) is 38.8 Å². The lowest BCUT2D eigenvalue weighted by molar-refractivity contribution is 0.381. The molecule has 0 aliphatic carbocycles. The minimum atomic E-state index is -4.67. The highest BCUT2D eigenvalue weighted by Crippen LogP contribution is 1.99. The molecule has 0 spiro atoms. The first-order chi connectivity index (χ1) is 7.16. The van der Waals surface area contributed by atoms with E-state index in [1.807, 2.05) is 0 Å². The smallest absolute Gasteiger partial charge is 0.370 e. The normalized spacial score (nSPS) is 12.2. The Bertz CT molecular complexity index is 272. The molecule has 0 aromatic carbocycles. The molecule has 0 saturated carbocycles. The molecule has 0 heterocycles. The molecule has 0 fully saturated rings. The van der Waals surface area contributed by atoms with Gasteiger partial charge in [-0.2, -0.15) is 8.42 Å². The van der Waals surface area contributed by atoms with Crippen LogP contribution in [-0.4, -0.2) is 29.6 Å². The third-order valence-corrected chi connectivity index (χ3v) is 1.46. The highest BCUT2D eigenvalue weighted by molar-refractivity contribution is 7.79. The molecule has 0 amide bonds. The molecule has 0 aliphatic rings. The molecule has 0 bridgehead atoms. The minimum Gasteiger partial charge on any atom is -0.370 e. The molecular weight excluding hydrogens is 236 g/mol. The SMILES string of the molecule is CCCCCC(N)NC(=N)N.O=S(=O)(O)O. The Labute approximate surface area is 95.5 Å². The van der Waals surface area contributed by atoms with E-state index in [9.17, 15) is 0 Å². The molecule has 0 aromatic rings. The van der Waals surface area contributed by atoms with Crippen molar-refractivity contribution in [1.29, 1.82) is 5.41 Å². The lowest BCUT2D eigenvalue weighted by atomic mass is 10.2. The largest absolute Gasteiger partial charge is 0.394 e. The molecular formula is C7H20N4O4S. The molecule has 0 saturated heterocycles. The summed E-state index contributed by atoms with van der Waals surface area (Å²) < 4.78 is 31.6. The van der Waals surface area contributed by atoms with E-state index >= 15 is 0 Å². The Hall–Kier alpha value is -0.900. The zero-order valence-electron chi connectivity index (χ0n) is 9.18. The van der Waals surface area contributed by atoms with Crippen LogP contribution in [0.1, 0.15) is 32.6 Å². The average Bonchev–Trinajstić information content (AvgIpc) is 1.99. The number of unbranched alkanes of at least 4 members (excludes halogenated alkanes) is 2. The first kappa shape index (κ1) is 17.5. The van der Waals surface area contributed by atoms with Crippen LogP contribution in [0.4, 0.5) is 0 Å². The monoisotopic (exact) mass is 256 g/mol. The van der Waals surface area contributed by atoms with Gasteiger partial charge in [-0.1, -0.05) is 26.2 Å². The van der Waals surface area contributed by atoms with Gasteiger partial charge in [-0.3, -0.25) is 14.5 Å². The summed E-state index contributed by atoms with van der Waals surface area (Å²) in [6, 6.07) is 0. The molecule has 0 rings (SSSR count). The van der Waals surface area contributed by atoms with E-state index in [1.165, 1.54) is 12.8 Å². The average molecular weight is 256 g/mol. The maximum atomic E-state index is 8.74. The van der Waals surface area contributed by atoms with E-state index < -0.39 is 10.4 Å². The Kier molecular flexibility index (Phi) is 10.2. The van der Waals surface area contributed by atoms with Gasteiger partial charge in [-0.15, -0.1) is 0 Å². The van der Waals surface area contributed by atoms with Gasteiger partial charge in [0.25, 0.3) is 0 Å². The summed E-state index contributed by atoms with van der Waals surface area (Å²) >= 11 is 0. The molecule has 9 heteroatoms. The molecule has 0 aliphatic heterocycles. The second-order valence-corrected chi connectivity index (χ2v) is 4.00. The van der Waals surface area contributed by atoms with Crippen LogP contribution in [-0.2, 0) is 10.4 Å². The summed E-state index contributed by atoms with van der Waals surface area (Å²) in [5.41, 5.74) is 10.7. The molecule has 0 aromatic heterocycles. The van der Waals surface area contributed by atoms with Crippen LogP contribution >= 0.6 is 0 Å². The van der Waals surface area contributed by atoms with Crippen molar-refractivity contribution in [3.63, 3.8) is 0 Å². The van der Waals surface area contributed by atoms with Gasteiger partial charge < -0.3 is 16.8 Å². The fourth-order valence-electron chi connectivity index (χ4n) is 0.886. The van der Waals surface area contributed by atoms with Gasteiger partial charge in [-0.05, 0) is 6.42 Å². The fraction of sp³-hybridized carbons (Fsp3) is 0.857. The van der Waals surface area contributed by atoms with Gasteiger partial charge in [0, 0.05) is 0 Å². The third kappa shape index (κ3) is 29.2. The summed E-state index contributed by atoms with van der Waals surface area (Å²) in [4.78, 5) is 0. The van der Waals surface area contributed by atoms with Crippen molar-refractivity contribution in [2.75, 3.05) is 0 Å². The maximum absolute atomic E-state index is 8.74. The zero-order chi connectivity index (χ0) is 13.2. The summed E-state index contributed by atoms with van der Waals surface area (Å²) in [6.07, 6.45) is 4.20. The number of hydrogen-bond acceptors (Lipinski definition) is 4. The third-order valence-electron chi connectivity index (χ3n) is 1.46. The van der Waals surface area contributed by atoms with Crippen LogP contribution in [0.2, 0.25) is 0 Å². The maximum Gasteiger partial charge on any atom is 0.394 e. The summed E-state index contributed by atoms with van der Waals surface area (Å²) in [6.45, 7) is 2.14.